The molecule has 0 N–H and O–H groups in total. The van der Waals surface area contributed by atoms with Crippen molar-refractivity contribution < 1.29 is 19.1 Å². The Balaban J connectivity index is 2.76. The monoisotopic (exact) mass is 325 g/mol. The van der Waals surface area contributed by atoms with E-state index in [0.29, 0.717) is 13.1 Å². The smallest absolute Gasteiger partial charge is 0.410 e. The standard InChI is InChI=1S/C16H27N3O4/c1-15(2,3)22-13(20)18-9-10-19(12(11-18)7-8-17)14(21)23-16(4,5)6/h12H,7,9-11H2,1-6H3/t12-/m1/s1. The van der Waals surface area contributed by atoms with E-state index in [1.165, 1.54) is 9.80 Å². The third-order valence-electron chi connectivity index (χ3n) is 3.09. The van der Waals surface area contributed by atoms with Crippen LogP contribution in [0.5, 0.6) is 0 Å². The van der Waals surface area contributed by atoms with Gasteiger partial charge in [-0.15, -0.1) is 0 Å². The largest absolute Gasteiger partial charge is 0.444 e. The van der Waals surface area contributed by atoms with Crippen LogP contribution in [0.15, 0.2) is 0 Å². The fourth-order valence-corrected chi connectivity index (χ4v) is 2.19. The van der Waals surface area contributed by atoms with Gasteiger partial charge in [-0.3, -0.25) is 0 Å². The summed E-state index contributed by atoms with van der Waals surface area (Å²) in [6.45, 7) is 11.7. The van der Waals surface area contributed by atoms with Gasteiger partial charge in [0.05, 0.1) is 18.5 Å². The first-order valence-corrected chi connectivity index (χ1v) is 7.77. The van der Waals surface area contributed by atoms with Crippen LogP contribution in [-0.4, -0.2) is 58.9 Å². The number of hydrogen-bond donors (Lipinski definition) is 0. The van der Waals surface area contributed by atoms with Crippen LogP contribution in [-0.2, 0) is 9.47 Å². The van der Waals surface area contributed by atoms with Crippen molar-refractivity contribution in [2.45, 2.75) is 65.2 Å². The summed E-state index contributed by atoms with van der Waals surface area (Å²) in [6.07, 6.45) is -0.746. The average Bonchev–Trinajstić information content (AvgIpc) is 2.34. The number of ether oxygens (including phenoxy) is 2. The number of nitrogens with zero attached hydrogens (tertiary/aromatic N) is 3. The molecule has 0 saturated carbocycles. The van der Waals surface area contributed by atoms with E-state index in [1.807, 2.05) is 0 Å². The minimum Gasteiger partial charge on any atom is -0.444 e. The molecule has 1 heterocycles. The van der Waals surface area contributed by atoms with Crippen molar-refractivity contribution >= 4 is 12.2 Å². The number of carbonyl (C=O) groups is 2. The van der Waals surface area contributed by atoms with Crippen molar-refractivity contribution in [3.8, 4) is 6.07 Å². The molecule has 2 amide bonds. The third-order valence-corrected chi connectivity index (χ3v) is 3.09. The Labute approximate surface area is 138 Å². The van der Waals surface area contributed by atoms with Gasteiger partial charge in [0.15, 0.2) is 0 Å². The molecule has 0 bridgehead atoms. The highest BCUT2D eigenvalue weighted by Crippen LogP contribution is 2.19. The Morgan fingerprint density at radius 2 is 1.57 bits per heavy atom. The Hall–Kier alpha value is -1.97. The van der Waals surface area contributed by atoms with Crippen LogP contribution in [0.2, 0.25) is 0 Å². The van der Waals surface area contributed by atoms with Gasteiger partial charge in [-0.05, 0) is 41.5 Å². The van der Waals surface area contributed by atoms with Crippen LogP contribution in [0.4, 0.5) is 9.59 Å². The van der Waals surface area contributed by atoms with Gasteiger partial charge in [0, 0.05) is 19.6 Å². The topological polar surface area (TPSA) is 82.9 Å². The van der Waals surface area contributed by atoms with Gasteiger partial charge >= 0.3 is 12.2 Å². The summed E-state index contributed by atoms with van der Waals surface area (Å²) in [6, 6.07) is 1.67. The second-order valence-electron chi connectivity index (χ2n) is 7.62. The molecule has 1 atom stereocenters. The number of amides is 2. The average molecular weight is 325 g/mol. The summed E-state index contributed by atoms with van der Waals surface area (Å²) >= 11 is 0. The number of carbonyl (C=O) groups excluding carboxylic acids is 2. The van der Waals surface area contributed by atoms with Gasteiger partial charge in [-0.2, -0.15) is 5.26 Å². The summed E-state index contributed by atoms with van der Waals surface area (Å²) < 4.78 is 10.7. The van der Waals surface area contributed by atoms with Gasteiger partial charge in [0.25, 0.3) is 0 Å². The predicted molar refractivity (Wildman–Crippen MR) is 84.8 cm³/mol. The first-order valence-electron chi connectivity index (χ1n) is 7.77. The van der Waals surface area contributed by atoms with E-state index in [9.17, 15) is 9.59 Å². The van der Waals surface area contributed by atoms with Crippen LogP contribution in [0.3, 0.4) is 0 Å². The lowest BCUT2D eigenvalue weighted by Gasteiger charge is -2.41. The third kappa shape index (κ3) is 6.35. The van der Waals surface area contributed by atoms with Crippen LogP contribution >= 0.6 is 0 Å². The lowest BCUT2D eigenvalue weighted by molar-refractivity contribution is -0.0140. The van der Waals surface area contributed by atoms with Crippen LogP contribution in [0.1, 0.15) is 48.0 Å². The molecular weight excluding hydrogens is 298 g/mol. The molecule has 130 valence electrons. The zero-order chi connectivity index (χ0) is 17.8. The Bertz CT molecular complexity index is 485. The highest BCUT2D eigenvalue weighted by Gasteiger charge is 2.36. The minimum atomic E-state index is -0.601. The number of nitriles is 1. The molecule has 1 rings (SSSR count). The number of hydrogen-bond acceptors (Lipinski definition) is 5. The molecule has 0 aromatic carbocycles. The molecule has 1 aliphatic rings. The zero-order valence-electron chi connectivity index (χ0n) is 14.9. The van der Waals surface area contributed by atoms with E-state index in [-0.39, 0.29) is 13.0 Å². The van der Waals surface area contributed by atoms with E-state index in [1.54, 1.807) is 41.5 Å². The lowest BCUT2D eigenvalue weighted by Crippen LogP contribution is -2.57. The Kier molecular flexibility index (Phi) is 5.86. The summed E-state index contributed by atoms with van der Waals surface area (Å²) in [5.41, 5.74) is -1.18. The van der Waals surface area contributed by atoms with Crippen molar-refractivity contribution in [1.29, 1.82) is 5.26 Å². The lowest BCUT2D eigenvalue weighted by atomic mass is 10.1. The van der Waals surface area contributed by atoms with Crippen molar-refractivity contribution in [1.82, 2.24) is 9.80 Å². The van der Waals surface area contributed by atoms with E-state index in [2.05, 4.69) is 6.07 Å². The normalized spacial score (nSPS) is 19.1. The molecule has 0 radical (unpaired) electrons. The molecule has 7 heteroatoms. The maximum absolute atomic E-state index is 12.3. The fourth-order valence-electron chi connectivity index (χ4n) is 2.19. The van der Waals surface area contributed by atoms with Crippen molar-refractivity contribution in [3.63, 3.8) is 0 Å². The number of piperazine rings is 1. The van der Waals surface area contributed by atoms with Crippen molar-refractivity contribution in [3.05, 3.63) is 0 Å². The van der Waals surface area contributed by atoms with Crippen molar-refractivity contribution in [2.75, 3.05) is 19.6 Å². The molecule has 0 aromatic rings. The molecule has 0 unspecified atom stereocenters. The molecular formula is C16H27N3O4. The van der Waals surface area contributed by atoms with Crippen LogP contribution < -0.4 is 0 Å². The van der Waals surface area contributed by atoms with Gasteiger partial charge in [-0.25, -0.2) is 9.59 Å². The molecule has 0 spiro atoms. The van der Waals surface area contributed by atoms with Gasteiger partial charge in [0.1, 0.15) is 11.2 Å². The second kappa shape index (κ2) is 7.07. The van der Waals surface area contributed by atoms with E-state index < -0.39 is 29.4 Å². The number of rotatable bonds is 1. The maximum atomic E-state index is 12.3. The predicted octanol–water partition coefficient (Wildman–Crippen LogP) is 2.76. The molecule has 23 heavy (non-hydrogen) atoms. The Morgan fingerprint density at radius 1 is 1.04 bits per heavy atom. The fraction of sp³-hybridized carbons (Fsp3) is 0.812. The first kappa shape index (κ1) is 19.1. The van der Waals surface area contributed by atoms with Crippen molar-refractivity contribution in [2.24, 2.45) is 0 Å². The quantitative estimate of drug-likeness (QED) is 0.740. The molecule has 1 fully saturated rings. The molecule has 0 aromatic heterocycles. The zero-order valence-corrected chi connectivity index (χ0v) is 14.9. The van der Waals surface area contributed by atoms with Crippen LogP contribution in [0.25, 0.3) is 0 Å². The van der Waals surface area contributed by atoms with Gasteiger partial charge in [0.2, 0.25) is 0 Å². The highest BCUT2D eigenvalue weighted by molar-refractivity contribution is 5.71. The highest BCUT2D eigenvalue weighted by atomic mass is 16.6. The van der Waals surface area contributed by atoms with Gasteiger partial charge in [-0.1, -0.05) is 0 Å². The molecule has 1 saturated heterocycles. The summed E-state index contributed by atoms with van der Waals surface area (Å²) in [5.74, 6) is 0. The minimum absolute atomic E-state index is 0.137. The van der Waals surface area contributed by atoms with E-state index in [0.717, 1.165) is 0 Å². The first-order chi connectivity index (χ1) is 10.4. The van der Waals surface area contributed by atoms with Gasteiger partial charge < -0.3 is 19.3 Å². The maximum Gasteiger partial charge on any atom is 0.410 e. The second-order valence-corrected chi connectivity index (χ2v) is 7.62. The van der Waals surface area contributed by atoms with E-state index >= 15 is 0 Å². The molecule has 0 aliphatic carbocycles. The molecule has 1 aliphatic heterocycles. The van der Waals surface area contributed by atoms with Crippen LogP contribution in [0, 0.1) is 11.3 Å². The Morgan fingerprint density at radius 3 is 2.04 bits per heavy atom. The van der Waals surface area contributed by atoms with E-state index in [4.69, 9.17) is 14.7 Å². The summed E-state index contributed by atoms with van der Waals surface area (Å²) in [7, 11) is 0. The SMILES string of the molecule is CC(C)(C)OC(=O)N1CCN(C(=O)OC(C)(C)C)[C@H](CC#N)C1. The summed E-state index contributed by atoms with van der Waals surface area (Å²) in [4.78, 5) is 27.5. The molecule has 7 nitrogen and oxygen atoms in total. The summed E-state index contributed by atoms with van der Waals surface area (Å²) in [5, 5.41) is 9.00.